The Morgan fingerprint density at radius 1 is 1.00 bits per heavy atom. The molecular formula is C9H22Cl2N2O. The lowest BCUT2D eigenvalue weighted by Gasteiger charge is -2.26. The van der Waals surface area contributed by atoms with Crippen molar-refractivity contribution >= 4 is 24.8 Å². The minimum Gasteiger partial charge on any atom is -0.396 e. The van der Waals surface area contributed by atoms with Crippen molar-refractivity contribution in [3.05, 3.63) is 0 Å². The predicted molar refractivity (Wildman–Crippen MR) is 64.7 cm³/mol. The largest absolute Gasteiger partial charge is 0.396 e. The van der Waals surface area contributed by atoms with E-state index < -0.39 is 0 Å². The molecule has 0 unspecified atom stereocenters. The number of piperazine rings is 1. The molecular weight excluding hydrogens is 223 g/mol. The number of nitrogens with one attached hydrogen (secondary N) is 1. The van der Waals surface area contributed by atoms with Crippen LogP contribution < -0.4 is 5.32 Å². The van der Waals surface area contributed by atoms with Gasteiger partial charge in [0, 0.05) is 32.8 Å². The molecule has 88 valence electrons. The number of hydrogen-bond donors (Lipinski definition) is 2. The second-order valence-electron chi connectivity index (χ2n) is 3.38. The molecule has 0 bridgehead atoms. The van der Waals surface area contributed by atoms with Crippen LogP contribution in [0, 0.1) is 0 Å². The summed E-state index contributed by atoms with van der Waals surface area (Å²) in [4.78, 5) is 2.49. The first-order chi connectivity index (χ1) is 5.93. The van der Waals surface area contributed by atoms with E-state index in [2.05, 4.69) is 10.2 Å². The summed E-state index contributed by atoms with van der Waals surface area (Å²) < 4.78 is 0. The lowest BCUT2D eigenvalue weighted by Crippen LogP contribution is -2.43. The molecule has 0 saturated carbocycles. The maximum absolute atomic E-state index is 8.58. The van der Waals surface area contributed by atoms with Crippen molar-refractivity contribution in [2.75, 3.05) is 39.3 Å². The van der Waals surface area contributed by atoms with Gasteiger partial charge in [-0.25, -0.2) is 0 Å². The molecule has 14 heavy (non-hydrogen) atoms. The zero-order valence-corrected chi connectivity index (χ0v) is 10.2. The zero-order chi connectivity index (χ0) is 8.65. The first kappa shape index (κ1) is 16.9. The van der Waals surface area contributed by atoms with Crippen LogP contribution in [0.25, 0.3) is 0 Å². The Kier molecular flexibility index (Phi) is 13.9. The van der Waals surface area contributed by atoms with Crippen molar-refractivity contribution in [1.29, 1.82) is 0 Å². The molecule has 0 aliphatic carbocycles. The Labute approximate surface area is 99.1 Å². The molecule has 0 spiro atoms. The summed E-state index contributed by atoms with van der Waals surface area (Å²) in [6.07, 6.45) is 3.37. The van der Waals surface area contributed by atoms with Gasteiger partial charge in [-0.15, -0.1) is 24.8 Å². The molecule has 1 fully saturated rings. The molecule has 2 N–H and O–H groups in total. The van der Waals surface area contributed by atoms with Gasteiger partial charge in [0.25, 0.3) is 0 Å². The molecule has 0 amide bonds. The molecule has 1 aliphatic heterocycles. The van der Waals surface area contributed by atoms with Crippen molar-refractivity contribution < 1.29 is 5.11 Å². The van der Waals surface area contributed by atoms with E-state index in [1.807, 2.05) is 0 Å². The summed E-state index contributed by atoms with van der Waals surface area (Å²) in [6.45, 7) is 6.22. The van der Waals surface area contributed by atoms with Crippen LogP contribution in [0.3, 0.4) is 0 Å². The van der Waals surface area contributed by atoms with E-state index in [0.29, 0.717) is 6.61 Å². The van der Waals surface area contributed by atoms with Crippen LogP contribution >= 0.6 is 24.8 Å². The monoisotopic (exact) mass is 244 g/mol. The van der Waals surface area contributed by atoms with E-state index in [-0.39, 0.29) is 24.8 Å². The molecule has 3 nitrogen and oxygen atoms in total. The Morgan fingerprint density at radius 3 is 2.21 bits per heavy atom. The molecule has 0 aromatic heterocycles. The normalized spacial score (nSPS) is 16.9. The average Bonchev–Trinajstić information content (AvgIpc) is 2.14. The van der Waals surface area contributed by atoms with Crippen molar-refractivity contribution in [2.45, 2.75) is 19.3 Å². The molecule has 0 atom stereocenters. The number of aliphatic hydroxyl groups is 1. The highest BCUT2D eigenvalue weighted by Gasteiger charge is 2.07. The third-order valence-corrected chi connectivity index (χ3v) is 2.34. The van der Waals surface area contributed by atoms with Gasteiger partial charge in [0.2, 0.25) is 0 Å². The Hall–Kier alpha value is 0.460. The van der Waals surface area contributed by atoms with Crippen molar-refractivity contribution in [2.24, 2.45) is 0 Å². The molecule has 1 rings (SSSR count). The molecule has 5 heteroatoms. The second-order valence-corrected chi connectivity index (χ2v) is 3.38. The minimum atomic E-state index is 0. The Morgan fingerprint density at radius 2 is 1.64 bits per heavy atom. The van der Waals surface area contributed by atoms with Crippen molar-refractivity contribution in [3.63, 3.8) is 0 Å². The maximum atomic E-state index is 8.58. The van der Waals surface area contributed by atoms with Gasteiger partial charge in [0.15, 0.2) is 0 Å². The van der Waals surface area contributed by atoms with E-state index in [4.69, 9.17) is 5.11 Å². The molecule has 0 aromatic carbocycles. The summed E-state index contributed by atoms with van der Waals surface area (Å²) in [5.74, 6) is 0. The first-order valence-electron chi connectivity index (χ1n) is 4.97. The van der Waals surface area contributed by atoms with Gasteiger partial charge < -0.3 is 15.3 Å². The van der Waals surface area contributed by atoms with E-state index >= 15 is 0 Å². The second kappa shape index (κ2) is 11.5. The van der Waals surface area contributed by atoms with Crippen LogP contribution in [-0.2, 0) is 0 Å². The van der Waals surface area contributed by atoms with Gasteiger partial charge in [-0.05, 0) is 25.8 Å². The topological polar surface area (TPSA) is 35.5 Å². The van der Waals surface area contributed by atoms with Gasteiger partial charge in [-0.2, -0.15) is 0 Å². The van der Waals surface area contributed by atoms with Gasteiger partial charge >= 0.3 is 0 Å². The minimum absolute atomic E-state index is 0. The molecule has 0 radical (unpaired) electrons. The highest BCUT2D eigenvalue weighted by Crippen LogP contribution is 1.99. The van der Waals surface area contributed by atoms with Gasteiger partial charge in [-0.1, -0.05) is 0 Å². The fraction of sp³-hybridized carbons (Fsp3) is 1.00. The standard InChI is InChI=1S/C9H20N2O.2ClH/c12-9-3-1-2-6-11-7-4-10-5-8-11;;/h10,12H,1-9H2;2*1H. The van der Waals surface area contributed by atoms with Crippen LogP contribution in [-0.4, -0.2) is 49.3 Å². The third kappa shape index (κ3) is 7.83. The molecule has 1 heterocycles. The van der Waals surface area contributed by atoms with Crippen LogP contribution in [0.4, 0.5) is 0 Å². The number of hydrogen-bond acceptors (Lipinski definition) is 3. The lowest BCUT2D eigenvalue weighted by molar-refractivity contribution is 0.229. The number of nitrogens with zero attached hydrogens (tertiary/aromatic N) is 1. The number of halogens is 2. The first-order valence-corrected chi connectivity index (χ1v) is 4.97. The third-order valence-electron chi connectivity index (χ3n) is 2.34. The SMILES string of the molecule is Cl.Cl.OCCCCCN1CCNCC1. The van der Waals surface area contributed by atoms with E-state index in [1.54, 1.807) is 0 Å². The van der Waals surface area contributed by atoms with Gasteiger partial charge in [-0.3, -0.25) is 0 Å². The summed E-state index contributed by atoms with van der Waals surface area (Å²) >= 11 is 0. The summed E-state index contributed by atoms with van der Waals surface area (Å²) in [6, 6.07) is 0. The number of rotatable bonds is 5. The lowest BCUT2D eigenvalue weighted by atomic mass is 10.2. The van der Waals surface area contributed by atoms with Crippen molar-refractivity contribution in [1.82, 2.24) is 10.2 Å². The smallest absolute Gasteiger partial charge is 0.0431 e. The number of aliphatic hydroxyl groups excluding tert-OH is 1. The fourth-order valence-electron chi connectivity index (χ4n) is 1.56. The number of unbranched alkanes of at least 4 members (excludes halogenated alkanes) is 2. The zero-order valence-electron chi connectivity index (χ0n) is 8.57. The fourth-order valence-corrected chi connectivity index (χ4v) is 1.56. The summed E-state index contributed by atoms with van der Waals surface area (Å²) in [7, 11) is 0. The predicted octanol–water partition coefficient (Wildman–Crippen LogP) is 0.898. The Bertz CT molecular complexity index is 111. The van der Waals surface area contributed by atoms with Crippen molar-refractivity contribution in [3.8, 4) is 0 Å². The molecule has 1 aliphatic rings. The van der Waals surface area contributed by atoms with E-state index in [1.165, 1.54) is 32.5 Å². The van der Waals surface area contributed by atoms with Crippen LogP contribution in [0.15, 0.2) is 0 Å². The highest BCUT2D eigenvalue weighted by atomic mass is 35.5. The van der Waals surface area contributed by atoms with E-state index in [0.717, 1.165) is 19.5 Å². The van der Waals surface area contributed by atoms with E-state index in [9.17, 15) is 0 Å². The van der Waals surface area contributed by atoms with Crippen LogP contribution in [0.5, 0.6) is 0 Å². The molecule has 1 saturated heterocycles. The van der Waals surface area contributed by atoms with Gasteiger partial charge in [0.05, 0.1) is 0 Å². The summed E-state index contributed by atoms with van der Waals surface area (Å²) in [5.41, 5.74) is 0. The van der Waals surface area contributed by atoms with Crippen LogP contribution in [0.1, 0.15) is 19.3 Å². The average molecular weight is 245 g/mol. The van der Waals surface area contributed by atoms with Gasteiger partial charge in [0.1, 0.15) is 0 Å². The highest BCUT2D eigenvalue weighted by molar-refractivity contribution is 5.85. The molecule has 0 aromatic rings. The Balaban J connectivity index is 0. The maximum Gasteiger partial charge on any atom is 0.0431 e. The summed E-state index contributed by atoms with van der Waals surface area (Å²) in [5, 5.41) is 11.9. The van der Waals surface area contributed by atoms with Crippen LogP contribution in [0.2, 0.25) is 0 Å². The quantitative estimate of drug-likeness (QED) is 0.706.